The van der Waals surface area contributed by atoms with Crippen molar-refractivity contribution < 1.29 is 42.9 Å². The van der Waals surface area contributed by atoms with Crippen LogP contribution in [0.5, 0.6) is 0 Å². The van der Waals surface area contributed by atoms with Crippen LogP contribution in [0.1, 0.15) is 85.8 Å². The SMILES string of the molecule is C=C1[C@@H](OC(=O)CC(c2ccccc2)N(C)C)CC[C@@]2(C)[C@@H](OC(C)=O)[C@H](OC(C)=O)C34C(C)C(=O)C[C@@H](C(OC(C)=O)C132)C4(C)C. The maximum Gasteiger partial charge on any atom is 0.308 e. The Balaban J connectivity index is 1.69. The van der Waals surface area contributed by atoms with E-state index in [1.165, 1.54) is 20.8 Å². The van der Waals surface area contributed by atoms with Crippen LogP contribution in [-0.4, -0.2) is 73.1 Å². The van der Waals surface area contributed by atoms with Crippen LogP contribution in [0.25, 0.3) is 0 Å². The third-order valence-corrected chi connectivity index (χ3v) is 12.4. The van der Waals surface area contributed by atoms with Crippen LogP contribution in [0.2, 0.25) is 0 Å². The number of Topliss-reactive ketones (excluding diaryl/α,β-unsaturated/α-hetero) is 1. The predicted octanol–water partition coefficient (Wildman–Crippen LogP) is 4.99. The van der Waals surface area contributed by atoms with Crippen molar-refractivity contribution in [2.75, 3.05) is 14.1 Å². The molecule has 0 aromatic heterocycles. The molecule has 10 heteroatoms. The van der Waals surface area contributed by atoms with Gasteiger partial charge in [-0.25, -0.2) is 0 Å². The summed E-state index contributed by atoms with van der Waals surface area (Å²) in [6.45, 7) is 16.4. The third-order valence-electron chi connectivity index (χ3n) is 12.4. The number of benzene rings is 1. The molecule has 10 atom stereocenters. The molecule has 0 amide bonds. The average molecular weight is 652 g/mol. The Morgan fingerprint density at radius 1 is 0.894 bits per heavy atom. The summed E-state index contributed by atoms with van der Waals surface area (Å²) in [6, 6.07) is 9.48. The second-order valence-corrected chi connectivity index (χ2v) is 15.0. The summed E-state index contributed by atoms with van der Waals surface area (Å²) in [5.41, 5.74) is -2.82. The molecule has 10 nitrogen and oxygen atoms in total. The number of esters is 4. The van der Waals surface area contributed by atoms with Crippen LogP contribution < -0.4 is 0 Å². The van der Waals surface area contributed by atoms with Gasteiger partial charge in [0.15, 0.2) is 0 Å². The largest absolute Gasteiger partial charge is 0.461 e. The number of rotatable bonds is 8. The van der Waals surface area contributed by atoms with Gasteiger partial charge in [-0.05, 0) is 43.5 Å². The molecule has 0 aliphatic heterocycles. The van der Waals surface area contributed by atoms with Crippen LogP contribution in [0.15, 0.2) is 42.5 Å². The Hall–Kier alpha value is -3.53. The van der Waals surface area contributed by atoms with Crippen molar-refractivity contribution in [3.63, 3.8) is 0 Å². The Morgan fingerprint density at radius 3 is 2.00 bits per heavy atom. The van der Waals surface area contributed by atoms with E-state index in [0.29, 0.717) is 18.4 Å². The van der Waals surface area contributed by atoms with Crippen LogP contribution in [-0.2, 0) is 42.9 Å². The number of hydrogen-bond donors (Lipinski definition) is 0. The fraction of sp³-hybridized carbons (Fsp3) is 0.649. The summed E-state index contributed by atoms with van der Waals surface area (Å²) >= 11 is 0. The maximum absolute atomic E-state index is 14.0. The van der Waals surface area contributed by atoms with Gasteiger partial charge in [-0.3, -0.25) is 24.0 Å². The van der Waals surface area contributed by atoms with Crippen molar-refractivity contribution in [3.8, 4) is 0 Å². The molecule has 4 fully saturated rings. The normalized spacial score (nSPS) is 37.4. The Morgan fingerprint density at radius 2 is 1.45 bits per heavy atom. The van der Waals surface area contributed by atoms with E-state index in [1.807, 2.05) is 77.0 Å². The van der Waals surface area contributed by atoms with Gasteiger partial charge in [0.05, 0.1) is 11.8 Å². The molecule has 5 unspecified atom stereocenters. The quantitative estimate of drug-likeness (QED) is 0.216. The average Bonchev–Trinajstić information content (AvgIpc) is 3.22. The van der Waals surface area contributed by atoms with E-state index in [4.69, 9.17) is 18.9 Å². The van der Waals surface area contributed by atoms with Gasteiger partial charge >= 0.3 is 23.9 Å². The molecule has 47 heavy (non-hydrogen) atoms. The van der Waals surface area contributed by atoms with Crippen molar-refractivity contribution in [2.24, 2.45) is 33.5 Å². The highest BCUT2D eigenvalue weighted by atomic mass is 16.6. The van der Waals surface area contributed by atoms with Gasteiger partial charge in [0, 0.05) is 55.9 Å². The lowest BCUT2D eigenvalue weighted by atomic mass is 9.42. The number of nitrogens with zero attached hydrogens (tertiary/aromatic N) is 1. The summed E-state index contributed by atoms with van der Waals surface area (Å²) in [6.07, 6.45) is -2.79. The van der Waals surface area contributed by atoms with Gasteiger partial charge in [-0.15, -0.1) is 0 Å². The first-order chi connectivity index (χ1) is 21.9. The molecule has 2 spiro atoms. The van der Waals surface area contributed by atoms with Gasteiger partial charge < -0.3 is 23.8 Å². The molecule has 0 radical (unpaired) electrons. The van der Waals surface area contributed by atoms with E-state index < -0.39 is 81.8 Å². The van der Waals surface area contributed by atoms with Gasteiger partial charge in [-0.2, -0.15) is 0 Å². The zero-order valence-electron chi connectivity index (χ0n) is 29.1. The molecule has 0 saturated heterocycles. The number of ketones is 1. The lowest BCUT2D eigenvalue weighted by molar-refractivity contribution is -0.194. The zero-order chi connectivity index (χ0) is 34.9. The first-order valence-electron chi connectivity index (χ1n) is 16.5. The molecule has 0 heterocycles. The van der Waals surface area contributed by atoms with Crippen molar-refractivity contribution in [2.45, 2.75) is 105 Å². The minimum atomic E-state index is -1.27. The molecule has 1 aromatic rings. The Labute approximate surface area is 277 Å². The van der Waals surface area contributed by atoms with Crippen molar-refractivity contribution in [1.29, 1.82) is 0 Å². The Kier molecular flexibility index (Phi) is 8.78. The summed E-state index contributed by atoms with van der Waals surface area (Å²) in [5.74, 6) is -3.34. The highest BCUT2D eigenvalue weighted by Gasteiger charge is 2.92. The summed E-state index contributed by atoms with van der Waals surface area (Å²) in [5, 5.41) is 0. The highest BCUT2D eigenvalue weighted by molar-refractivity contribution is 5.86. The van der Waals surface area contributed by atoms with Gasteiger partial charge in [0.2, 0.25) is 0 Å². The van der Waals surface area contributed by atoms with E-state index in [2.05, 4.69) is 6.58 Å². The molecule has 5 rings (SSSR count). The molecule has 0 N–H and O–H groups in total. The molecular weight excluding hydrogens is 602 g/mol. The zero-order valence-corrected chi connectivity index (χ0v) is 29.1. The minimum absolute atomic E-state index is 0.0602. The lowest BCUT2D eigenvalue weighted by Gasteiger charge is -2.60. The molecule has 256 valence electrons. The Bertz CT molecular complexity index is 1490. The van der Waals surface area contributed by atoms with Crippen molar-refractivity contribution >= 4 is 29.7 Å². The van der Waals surface area contributed by atoms with E-state index >= 15 is 0 Å². The van der Waals surface area contributed by atoms with Gasteiger partial charge in [-0.1, -0.05) is 64.6 Å². The lowest BCUT2D eigenvalue weighted by Crippen LogP contribution is -2.63. The smallest absolute Gasteiger partial charge is 0.308 e. The molecular formula is C37H49NO9. The predicted molar refractivity (Wildman–Crippen MR) is 171 cm³/mol. The number of ether oxygens (including phenoxy) is 4. The van der Waals surface area contributed by atoms with E-state index in [9.17, 15) is 24.0 Å². The first-order valence-corrected chi connectivity index (χ1v) is 16.5. The molecule has 1 aromatic carbocycles. The third kappa shape index (κ3) is 4.71. The van der Waals surface area contributed by atoms with E-state index in [1.54, 1.807) is 0 Å². The second-order valence-electron chi connectivity index (χ2n) is 15.0. The maximum atomic E-state index is 14.0. The molecule has 4 aliphatic carbocycles. The number of carbonyl (C=O) groups excluding carboxylic acids is 5. The summed E-state index contributed by atoms with van der Waals surface area (Å²) in [4.78, 5) is 68.3. The summed E-state index contributed by atoms with van der Waals surface area (Å²) < 4.78 is 24.9. The number of hydrogen-bond acceptors (Lipinski definition) is 10. The van der Waals surface area contributed by atoms with Crippen LogP contribution in [0.3, 0.4) is 0 Å². The van der Waals surface area contributed by atoms with E-state index in [0.717, 1.165) is 5.56 Å². The van der Waals surface area contributed by atoms with Gasteiger partial charge in [0.25, 0.3) is 0 Å². The summed E-state index contributed by atoms with van der Waals surface area (Å²) in [7, 11) is 3.81. The topological polar surface area (TPSA) is 126 Å². The van der Waals surface area contributed by atoms with E-state index in [-0.39, 0.29) is 24.7 Å². The molecule has 4 saturated carbocycles. The molecule has 4 aliphatic rings. The number of fused-ring (bicyclic) bond motifs is 1. The van der Waals surface area contributed by atoms with Crippen molar-refractivity contribution in [3.05, 3.63) is 48.0 Å². The van der Waals surface area contributed by atoms with Crippen LogP contribution in [0.4, 0.5) is 0 Å². The van der Waals surface area contributed by atoms with Crippen LogP contribution in [0, 0.1) is 33.5 Å². The van der Waals surface area contributed by atoms with Gasteiger partial charge in [0.1, 0.15) is 30.2 Å². The second kappa shape index (κ2) is 11.9. The van der Waals surface area contributed by atoms with Crippen molar-refractivity contribution in [1.82, 2.24) is 4.90 Å². The minimum Gasteiger partial charge on any atom is -0.461 e. The highest BCUT2D eigenvalue weighted by Crippen LogP contribution is 2.86. The van der Waals surface area contributed by atoms with Crippen LogP contribution >= 0.6 is 0 Å². The number of carbonyl (C=O) groups is 5. The standard InChI is InChI=1S/C37H49NO9/c1-20-28(42)18-26-31(44-22(3)39)37-21(2)29(47-30(43)19-27(38(9)10)25-14-12-11-13-15-25)16-17-35(37,8)32(45-23(4)40)33(46-24(5)41)36(20,37)34(26,6)7/h11-15,20,26-27,29,31-33H,2,16-19H2,1,3-10H3/t20?,26-,27?,29-,31?,32-,33-,35-,36?,37?/m0/s1. The first kappa shape index (κ1) is 34.8. The monoisotopic (exact) mass is 651 g/mol. The fourth-order valence-corrected chi connectivity index (χ4v) is 10.9. The molecule has 2 bridgehead atoms. The fourth-order valence-electron chi connectivity index (χ4n) is 10.9.